The Kier molecular flexibility index (Phi) is 6.64. The first-order valence-corrected chi connectivity index (χ1v) is 12.0. The molecule has 1 saturated carbocycles. The Balaban J connectivity index is 1.79. The standard InChI is InChI=1S/C27H26N2O2S/c1-20-11-15-24(16-12-20)32(31)26-10-6-5-9-25(26)27(19-28,22-13-14-23(30)17-22)29-18-21-7-3-2-4-8-21/h2-12,15-16,22,29H,13-14,17-18H2,1H3/t22-,27+,32?/m0/s1. The number of rotatable bonds is 7. The summed E-state index contributed by atoms with van der Waals surface area (Å²) in [6, 6.07) is 27.5. The van der Waals surface area contributed by atoms with Crippen molar-refractivity contribution in [1.82, 2.24) is 5.32 Å². The molecule has 1 aliphatic rings. The summed E-state index contributed by atoms with van der Waals surface area (Å²) in [5, 5.41) is 14.0. The van der Waals surface area contributed by atoms with Crippen molar-refractivity contribution >= 4 is 16.6 Å². The van der Waals surface area contributed by atoms with E-state index in [1.54, 1.807) is 0 Å². The molecule has 0 saturated heterocycles. The van der Waals surface area contributed by atoms with Gasteiger partial charge in [0.25, 0.3) is 0 Å². The summed E-state index contributed by atoms with van der Waals surface area (Å²) in [7, 11) is -1.45. The molecule has 0 spiro atoms. The second kappa shape index (κ2) is 9.60. The van der Waals surface area contributed by atoms with Crippen LogP contribution in [0, 0.1) is 24.2 Å². The molecule has 1 aliphatic carbocycles. The summed E-state index contributed by atoms with van der Waals surface area (Å²) >= 11 is 0. The number of Topliss-reactive ketones (excluding diaryl/α,β-unsaturated/α-hetero) is 1. The van der Waals surface area contributed by atoms with Gasteiger partial charge in [0.05, 0.1) is 16.9 Å². The molecule has 3 aromatic carbocycles. The zero-order valence-electron chi connectivity index (χ0n) is 18.1. The maximum atomic E-state index is 13.6. The van der Waals surface area contributed by atoms with Gasteiger partial charge in [-0.15, -0.1) is 0 Å². The first-order chi connectivity index (χ1) is 15.5. The Hall–Kier alpha value is -3.07. The minimum Gasteiger partial charge on any atom is -0.300 e. The van der Waals surface area contributed by atoms with E-state index in [-0.39, 0.29) is 11.7 Å². The van der Waals surface area contributed by atoms with Gasteiger partial charge in [0, 0.05) is 40.7 Å². The van der Waals surface area contributed by atoms with Crippen LogP contribution in [0.15, 0.2) is 88.7 Å². The molecule has 0 amide bonds. The molecule has 1 fully saturated rings. The van der Waals surface area contributed by atoms with Crippen molar-refractivity contribution < 1.29 is 9.00 Å². The van der Waals surface area contributed by atoms with Crippen molar-refractivity contribution in [2.24, 2.45) is 5.92 Å². The fourth-order valence-corrected chi connectivity index (χ4v) is 5.68. The Labute approximate surface area is 191 Å². The third kappa shape index (κ3) is 4.43. The number of hydrogen-bond donors (Lipinski definition) is 1. The predicted octanol–water partition coefficient (Wildman–Crippen LogP) is 5.04. The van der Waals surface area contributed by atoms with Crippen LogP contribution >= 0.6 is 0 Å². The van der Waals surface area contributed by atoms with Gasteiger partial charge in [-0.2, -0.15) is 5.26 Å². The van der Waals surface area contributed by atoms with Crippen molar-refractivity contribution in [3.8, 4) is 6.07 Å². The molecule has 4 rings (SSSR count). The van der Waals surface area contributed by atoms with Crippen LogP contribution in [0.5, 0.6) is 0 Å². The van der Waals surface area contributed by atoms with Crippen molar-refractivity contribution in [3.05, 3.63) is 95.6 Å². The molecule has 5 heteroatoms. The Morgan fingerprint density at radius 2 is 1.72 bits per heavy atom. The van der Waals surface area contributed by atoms with E-state index in [1.165, 1.54) is 0 Å². The van der Waals surface area contributed by atoms with E-state index in [0.717, 1.165) is 11.1 Å². The molecule has 0 radical (unpaired) electrons. The zero-order chi connectivity index (χ0) is 22.6. The average molecular weight is 443 g/mol. The quantitative estimate of drug-likeness (QED) is 0.557. The lowest BCUT2D eigenvalue weighted by Crippen LogP contribution is -2.47. The number of nitrogens with zero attached hydrogens (tertiary/aromatic N) is 1. The van der Waals surface area contributed by atoms with Gasteiger partial charge in [-0.1, -0.05) is 66.2 Å². The van der Waals surface area contributed by atoms with Crippen LogP contribution in [0.2, 0.25) is 0 Å². The number of ketones is 1. The first kappa shape index (κ1) is 22.1. The van der Waals surface area contributed by atoms with Crippen molar-refractivity contribution in [2.75, 3.05) is 0 Å². The summed E-state index contributed by atoms with van der Waals surface area (Å²) in [6.45, 7) is 2.47. The second-order valence-corrected chi connectivity index (χ2v) is 9.76. The fraction of sp³-hybridized carbons (Fsp3) is 0.259. The van der Waals surface area contributed by atoms with E-state index in [1.807, 2.05) is 85.8 Å². The molecule has 1 N–H and O–H groups in total. The highest BCUT2D eigenvalue weighted by Crippen LogP contribution is 2.42. The van der Waals surface area contributed by atoms with Gasteiger partial charge in [-0.05, 0) is 37.1 Å². The van der Waals surface area contributed by atoms with E-state index in [9.17, 15) is 14.3 Å². The molecule has 0 bridgehead atoms. The molecule has 32 heavy (non-hydrogen) atoms. The molecule has 0 aromatic heterocycles. The highest BCUT2D eigenvalue weighted by atomic mass is 32.2. The molecule has 3 atom stereocenters. The number of benzene rings is 3. The molecular weight excluding hydrogens is 416 g/mol. The third-order valence-electron chi connectivity index (χ3n) is 6.20. The van der Waals surface area contributed by atoms with Crippen LogP contribution in [0.1, 0.15) is 36.0 Å². The second-order valence-electron chi connectivity index (χ2n) is 8.32. The third-order valence-corrected chi connectivity index (χ3v) is 7.65. The molecule has 3 aromatic rings. The van der Waals surface area contributed by atoms with E-state index >= 15 is 0 Å². The van der Waals surface area contributed by atoms with Crippen LogP contribution in [0.3, 0.4) is 0 Å². The topological polar surface area (TPSA) is 70.0 Å². The molecule has 0 heterocycles. The highest BCUT2D eigenvalue weighted by molar-refractivity contribution is 7.85. The smallest absolute Gasteiger partial charge is 0.136 e. The normalized spacial score (nSPS) is 18.6. The Bertz CT molecular complexity index is 1170. The van der Waals surface area contributed by atoms with Crippen molar-refractivity contribution in [1.29, 1.82) is 5.26 Å². The van der Waals surface area contributed by atoms with Gasteiger partial charge in [0.2, 0.25) is 0 Å². The maximum absolute atomic E-state index is 13.6. The first-order valence-electron chi connectivity index (χ1n) is 10.8. The molecule has 162 valence electrons. The summed E-state index contributed by atoms with van der Waals surface area (Å²) in [5.74, 6) is -0.00634. The van der Waals surface area contributed by atoms with Gasteiger partial charge >= 0.3 is 0 Å². The summed E-state index contributed by atoms with van der Waals surface area (Å²) in [6.07, 6.45) is 1.46. The highest BCUT2D eigenvalue weighted by Gasteiger charge is 2.45. The lowest BCUT2D eigenvalue weighted by Gasteiger charge is -2.35. The minimum atomic E-state index is -1.45. The van der Waals surface area contributed by atoms with Crippen LogP contribution in [-0.4, -0.2) is 9.99 Å². The molecule has 4 nitrogen and oxygen atoms in total. The van der Waals surface area contributed by atoms with E-state index in [4.69, 9.17) is 0 Å². The van der Waals surface area contributed by atoms with E-state index < -0.39 is 16.3 Å². The monoisotopic (exact) mass is 442 g/mol. The van der Waals surface area contributed by atoms with E-state index in [2.05, 4.69) is 11.4 Å². The van der Waals surface area contributed by atoms with Crippen LogP contribution in [0.4, 0.5) is 0 Å². The summed E-state index contributed by atoms with van der Waals surface area (Å²) in [4.78, 5) is 13.5. The number of nitrogens with one attached hydrogen (secondary N) is 1. The van der Waals surface area contributed by atoms with Crippen LogP contribution in [-0.2, 0) is 27.7 Å². The lowest BCUT2D eigenvalue weighted by atomic mass is 9.77. The minimum absolute atomic E-state index is 0.174. The van der Waals surface area contributed by atoms with Crippen molar-refractivity contribution in [2.45, 2.75) is 48.1 Å². The van der Waals surface area contributed by atoms with Gasteiger partial charge in [-0.25, -0.2) is 4.21 Å². The maximum Gasteiger partial charge on any atom is 0.136 e. The number of hydrogen-bond acceptors (Lipinski definition) is 4. The van der Waals surface area contributed by atoms with Crippen LogP contribution in [0.25, 0.3) is 0 Å². The molecular formula is C27H26N2O2S. The summed E-state index contributed by atoms with van der Waals surface area (Å²) in [5.41, 5.74) is 1.73. The van der Waals surface area contributed by atoms with E-state index in [0.29, 0.717) is 41.2 Å². The average Bonchev–Trinajstić information content (AvgIpc) is 3.27. The fourth-order valence-electron chi connectivity index (χ4n) is 4.41. The number of carbonyl (C=O) groups is 1. The van der Waals surface area contributed by atoms with Crippen LogP contribution < -0.4 is 5.32 Å². The van der Waals surface area contributed by atoms with Gasteiger partial charge in [-0.3, -0.25) is 10.1 Å². The number of carbonyl (C=O) groups excluding carboxylic acids is 1. The zero-order valence-corrected chi connectivity index (χ0v) is 18.9. The van der Waals surface area contributed by atoms with Gasteiger partial charge < -0.3 is 0 Å². The molecule has 1 unspecified atom stereocenters. The SMILES string of the molecule is Cc1ccc(S(=O)c2ccccc2[C@](C#N)(NCc2ccccc2)[C@H]2CCC(=O)C2)cc1. The lowest BCUT2D eigenvalue weighted by molar-refractivity contribution is -0.117. The Morgan fingerprint density at radius 3 is 2.38 bits per heavy atom. The Morgan fingerprint density at radius 1 is 1.03 bits per heavy atom. The predicted molar refractivity (Wildman–Crippen MR) is 125 cm³/mol. The van der Waals surface area contributed by atoms with Gasteiger partial charge in [0.1, 0.15) is 11.3 Å². The largest absolute Gasteiger partial charge is 0.300 e. The summed E-state index contributed by atoms with van der Waals surface area (Å²) < 4.78 is 13.6. The molecule has 0 aliphatic heterocycles. The number of aryl methyl sites for hydroxylation is 1. The van der Waals surface area contributed by atoms with Gasteiger partial charge in [0.15, 0.2) is 0 Å². The van der Waals surface area contributed by atoms with Crippen molar-refractivity contribution in [3.63, 3.8) is 0 Å². The number of nitriles is 1.